The molecule has 0 atom stereocenters. The molecule has 104 valence electrons. The van der Waals surface area contributed by atoms with Crippen molar-refractivity contribution in [3.8, 4) is 16.9 Å². The van der Waals surface area contributed by atoms with Crippen molar-refractivity contribution < 1.29 is 9.64 Å². The number of benzene rings is 2. The molecule has 1 N–H and O–H groups in total. The van der Waals surface area contributed by atoms with Gasteiger partial charge in [-0.15, -0.1) is 0 Å². The number of likely N-dealkylation sites (tertiary alicyclic amines) is 1. The molecule has 0 unspecified atom stereocenters. The van der Waals surface area contributed by atoms with Gasteiger partial charge in [0.25, 0.3) is 0 Å². The van der Waals surface area contributed by atoms with Gasteiger partial charge in [0, 0.05) is 18.4 Å². The maximum Gasteiger partial charge on any atom is 0.137 e. The molecule has 0 saturated carbocycles. The molecular formula is C18H22NO+. The van der Waals surface area contributed by atoms with Gasteiger partial charge in [0.15, 0.2) is 0 Å². The highest BCUT2D eigenvalue weighted by atomic mass is 16.5. The Morgan fingerprint density at radius 3 is 2.35 bits per heavy atom. The van der Waals surface area contributed by atoms with Crippen molar-refractivity contribution in [3.05, 3.63) is 54.6 Å². The molecule has 0 aromatic heterocycles. The zero-order valence-corrected chi connectivity index (χ0v) is 11.8. The molecule has 1 aliphatic rings. The highest BCUT2D eigenvalue weighted by Gasteiger charge is 2.15. The fraction of sp³-hybridized carbons (Fsp3) is 0.333. The zero-order chi connectivity index (χ0) is 13.6. The summed E-state index contributed by atoms with van der Waals surface area (Å²) in [4.78, 5) is 1.68. The van der Waals surface area contributed by atoms with Crippen molar-refractivity contribution in [3.63, 3.8) is 0 Å². The van der Waals surface area contributed by atoms with Crippen LogP contribution in [0.3, 0.4) is 0 Å². The molecule has 1 aliphatic heterocycles. The molecule has 1 saturated heterocycles. The predicted octanol–water partition coefficient (Wildman–Crippen LogP) is 2.41. The summed E-state index contributed by atoms with van der Waals surface area (Å²) in [7, 11) is 0. The van der Waals surface area contributed by atoms with Gasteiger partial charge < -0.3 is 9.64 Å². The number of quaternary nitrogens is 1. The summed E-state index contributed by atoms with van der Waals surface area (Å²) in [6.07, 6.45) is 2.74. The van der Waals surface area contributed by atoms with Gasteiger partial charge in [0.1, 0.15) is 18.9 Å². The van der Waals surface area contributed by atoms with Crippen LogP contribution >= 0.6 is 0 Å². The van der Waals surface area contributed by atoms with Gasteiger partial charge in [-0.3, -0.25) is 0 Å². The highest BCUT2D eigenvalue weighted by molar-refractivity contribution is 5.70. The summed E-state index contributed by atoms with van der Waals surface area (Å²) in [6.45, 7) is 4.54. The summed E-state index contributed by atoms with van der Waals surface area (Å²) in [5.74, 6) is 0.997. The Hall–Kier alpha value is -1.80. The molecule has 2 heteroatoms. The minimum atomic E-state index is 0.805. The largest absolute Gasteiger partial charge is 0.487 e. The number of para-hydroxylation sites is 1. The van der Waals surface area contributed by atoms with Crippen molar-refractivity contribution >= 4 is 0 Å². The first-order chi connectivity index (χ1) is 9.93. The molecule has 0 amide bonds. The summed E-state index contributed by atoms with van der Waals surface area (Å²) in [6, 6.07) is 18.8. The van der Waals surface area contributed by atoms with E-state index in [0.29, 0.717) is 0 Å². The van der Waals surface area contributed by atoms with E-state index in [2.05, 4.69) is 42.5 Å². The van der Waals surface area contributed by atoms with E-state index < -0.39 is 0 Å². The Kier molecular flexibility index (Phi) is 4.34. The summed E-state index contributed by atoms with van der Waals surface area (Å²) in [5, 5.41) is 0. The van der Waals surface area contributed by atoms with Crippen LogP contribution in [0.4, 0.5) is 0 Å². The van der Waals surface area contributed by atoms with Gasteiger partial charge in [-0.2, -0.15) is 0 Å². The van der Waals surface area contributed by atoms with Crippen molar-refractivity contribution in [1.29, 1.82) is 0 Å². The standard InChI is InChI=1S/C18H21NO/c1-2-8-16(9-3-1)17-10-4-5-11-18(17)20-15-14-19-12-6-7-13-19/h1-5,8-11H,6-7,12-15H2/p+1. The molecule has 2 aromatic rings. The van der Waals surface area contributed by atoms with Crippen molar-refractivity contribution in [2.75, 3.05) is 26.2 Å². The van der Waals surface area contributed by atoms with E-state index in [1.807, 2.05) is 12.1 Å². The second-order valence-corrected chi connectivity index (χ2v) is 5.42. The summed E-state index contributed by atoms with van der Waals surface area (Å²) < 4.78 is 6.03. The van der Waals surface area contributed by atoms with Gasteiger partial charge >= 0.3 is 0 Å². The van der Waals surface area contributed by atoms with Crippen LogP contribution in [0, 0.1) is 0 Å². The first-order valence-electron chi connectivity index (χ1n) is 7.54. The molecule has 1 fully saturated rings. The van der Waals surface area contributed by atoms with Crippen LogP contribution in [0.5, 0.6) is 5.75 Å². The Morgan fingerprint density at radius 1 is 0.850 bits per heavy atom. The van der Waals surface area contributed by atoms with Crippen LogP contribution in [-0.4, -0.2) is 26.2 Å². The number of rotatable bonds is 5. The van der Waals surface area contributed by atoms with Gasteiger partial charge in [-0.05, 0) is 11.6 Å². The average molecular weight is 268 g/mol. The lowest BCUT2D eigenvalue weighted by Gasteiger charge is -2.15. The van der Waals surface area contributed by atoms with Gasteiger partial charge in [0.05, 0.1) is 13.1 Å². The quantitative estimate of drug-likeness (QED) is 0.879. The fourth-order valence-electron chi connectivity index (χ4n) is 2.88. The lowest BCUT2D eigenvalue weighted by molar-refractivity contribution is -0.887. The minimum Gasteiger partial charge on any atom is -0.487 e. The van der Waals surface area contributed by atoms with E-state index in [9.17, 15) is 0 Å². The Balaban J connectivity index is 1.67. The second kappa shape index (κ2) is 6.58. The van der Waals surface area contributed by atoms with Crippen molar-refractivity contribution in [2.24, 2.45) is 0 Å². The second-order valence-electron chi connectivity index (χ2n) is 5.42. The van der Waals surface area contributed by atoms with E-state index >= 15 is 0 Å². The third kappa shape index (κ3) is 3.20. The zero-order valence-electron chi connectivity index (χ0n) is 11.8. The lowest BCUT2D eigenvalue weighted by Crippen LogP contribution is -3.10. The topological polar surface area (TPSA) is 13.7 Å². The maximum atomic E-state index is 6.03. The SMILES string of the molecule is c1ccc(-c2ccccc2OCC[NH+]2CCCC2)cc1. The summed E-state index contributed by atoms with van der Waals surface area (Å²) in [5.41, 5.74) is 2.40. The van der Waals surface area contributed by atoms with Crippen LogP contribution in [0.1, 0.15) is 12.8 Å². The number of nitrogens with one attached hydrogen (secondary N) is 1. The number of hydrogen-bond acceptors (Lipinski definition) is 1. The fourth-order valence-corrected chi connectivity index (χ4v) is 2.88. The Labute approximate surface area is 121 Å². The van der Waals surface area contributed by atoms with Crippen LogP contribution in [0.25, 0.3) is 11.1 Å². The average Bonchev–Trinajstić information content (AvgIpc) is 3.02. The molecule has 0 aliphatic carbocycles. The molecule has 2 nitrogen and oxygen atoms in total. The third-order valence-corrected chi connectivity index (χ3v) is 4.00. The smallest absolute Gasteiger partial charge is 0.137 e. The Morgan fingerprint density at radius 2 is 1.55 bits per heavy atom. The highest BCUT2D eigenvalue weighted by Crippen LogP contribution is 2.29. The van der Waals surface area contributed by atoms with Crippen molar-refractivity contribution in [1.82, 2.24) is 0 Å². The molecule has 0 radical (unpaired) electrons. The van der Waals surface area contributed by atoms with E-state index in [-0.39, 0.29) is 0 Å². The molecule has 20 heavy (non-hydrogen) atoms. The molecule has 0 spiro atoms. The molecule has 1 heterocycles. The number of ether oxygens (including phenoxy) is 1. The Bertz CT molecular complexity index is 532. The van der Waals surface area contributed by atoms with Crippen LogP contribution in [0.15, 0.2) is 54.6 Å². The molecule has 2 aromatic carbocycles. The first kappa shape index (κ1) is 13.2. The number of hydrogen-bond donors (Lipinski definition) is 1. The molecule has 0 bridgehead atoms. The first-order valence-corrected chi connectivity index (χ1v) is 7.54. The normalized spacial score (nSPS) is 15.4. The van der Waals surface area contributed by atoms with Gasteiger partial charge in [-0.25, -0.2) is 0 Å². The maximum absolute atomic E-state index is 6.03. The van der Waals surface area contributed by atoms with Gasteiger partial charge in [-0.1, -0.05) is 48.5 Å². The van der Waals surface area contributed by atoms with Crippen molar-refractivity contribution in [2.45, 2.75) is 12.8 Å². The van der Waals surface area contributed by atoms with Gasteiger partial charge in [0.2, 0.25) is 0 Å². The van der Waals surface area contributed by atoms with Crippen LogP contribution in [0.2, 0.25) is 0 Å². The van der Waals surface area contributed by atoms with E-state index in [4.69, 9.17) is 4.74 Å². The molecule has 3 rings (SSSR count). The van der Waals surface area contributed by atoms with E-state index in [1.54, 1.807) is 4.90 Å². The van der Waals surface area contributed by atoms with E-state index in [1.165, 1.54) is 37.1 Å². The van der Waals surface area contributed by atoms with E-state index in [0.717, 1.165) is 18.9 Å². The van der Waals surface area contributed by atoms with Crippen LogP contribution in [-0.2, 0) is 0 Å². The lowest BCUT2D eigenvalue weighted by atomic mass is 10.1. The predicted molar refractivity (Wildman–Crippen MR) is 82.2 cm³/mol. The molecular weight excluding hydrogens is 246 g/mol. The summed E-state index contributed by atoms with van der Waals surface area (Å²) >= 11 is 0. The third-order valence-electron chi connectivity index (χ3n) is 4.00. The van der Waals surface area contributed by atoms with Crippen LogP contribution < -0.4 is 9.64 Å². The minimum absolute atomic E-state index is 0.805. The monoisotopic (exact) mass is 268 g/mol.